The number of imidazole rings is 1. The number of carboxylic acid groups (broad SMARTS) is 1. The van der Waals surface area contributed by atoms with Gasteiger partial charge in [-0.2, -0.15) is 0 Å². The third-order valence-electron chi connectivity index (χ3n) is 2.01. The van der Waals surface area contributed by atoms with Crippen LogP contribution in [0.1, 0.15) is 12.1 Å². The summed E-state index contributed by atoms with van der Waals surface area (Å²) in [5.74, 6) is -0.822. The van der Waals surface area contributed by atoms with Crippen molar-refractivity contribution in [1.29, 1.82) is 0 Å². The van der Waals surface area contributed by atoms with Crippen molar-refractivity contribution in [3.05, 3.63) is 28.9 Å². The van der Waals surface area contributed by atoms with E-state index >= 15 is 0 Å². The van der Waals surface area contributed by atoms with Gasteiger partial charge in [0.15, 0.2) is 5.65 Å². The lowest BCUT2D eigenvalue weighted by molar-refractivity contribution is -0.136. The van der Waals surface area contributed by atoms with Crippen LogP contribution in [0.25, 0.3) is 5.65 Å². The van der Waals surface area contributed by atoms with Gasteiger partial charge in [-0.3, -0.25) is 14.2 Å². The average molecular weight is 270 g/mol. The molecular formula is C9H8BrN3O2. The third-order valence-corrected chi connectivity index (χ3v) is 2.85. The van der Waals surface area contributed by atoms with Crippen LogP contribution in [0.5, 0.6) is 0 Å². The standard InChI is InChI=1S/C9H8BrN3O2/c10-9-6(1-2-8(14)15)12-7-5-11-3-4-13(7)9/h3-5H,1-2H2,(H,14,15). The summed E-state index contributed by atoms with van der Waals surface area (Å²) in [6.07, 6.45) is 5.56. The van der Waals surface area contributed by atoms with Gasteiger partial charge in [0.1, 0.15) is 4.60 Å². The maximum Gasteiger partial charge on any atom is 0.303 e. The largest absolute Gasteiger partial charge is 0.481 e. The van der Waals surface area contributed by atoms with E-state index < -0.39 is 5.97 Å². The zero-order chi connectivity index (χ0) is 10.8. The Kier molecular flexibility index (Phi) is 2.68. The van der Waals surface area contributed by atoms with Gasteiger partial charge < -0.3 is 5.11 Å². The number of aryl methyl sites for hydroxylation is 1. The molecule has 0 aromatic carbocycles. The Bertz CT molecular complexity index is 509. The molecule has 0 unspecified atom stereocenters. The smallest absolute Gasteiger partial charge is 0.303 e. The van der Waals surface area contributed by atoms with E-state index in [0.29, 0.717) is 12.1 Å². The van der Waals surface area contributed by atoms with Crippen molar-refractivity contribution in [1.82, 2.24) is 14.4 Å². The molecule has 2 aromatic rings. The first kappa shape index (κ1) is 10.1. The van der Waals surface area contributed by atoms with Gasteiger partial charge in [0, 0.05) is 18.8 Å². The van der Waals surface area contributed by atoms with E-state index in [1.807, 2.05) is 4.40 Å². The molecule has 2 heterocycles. The summed E-state index contributed by atoms with van der Waals surface area (Å²) in [5.41, 5.74) is 1.45. The molecule has 78 valence electrons. The van der Waals surface area contributed by atoms with Gasteiger partial charge in [0.2, 0.25) is 0 Å². The number of fused-ring (bicyclic) bond motifs is 1. The lowest BCUT2D eigenvalue weighted by atomic mass is 10.2. The van der Waals surface area contributed by atoms with Crippen LogP contribution in [0.4, 0.5) is 0 Å². The van der Waals surface area contributed by atoms with Gasteiger partial charge in [-0.15, -0.1) is 0 Å². The van der Waals surface area contributed by atoms with Gasteiger partial charge in [-0.25, -0.2) is 4.98 Å². The Morgan fingerprint density at radius 3 is 3.07 bits per heavy atom. The molecule has 0 amide bonds. The number of rotatable bonds is 3. The molecule has 2 rings (SSSR count). The number of hydrogen-bond donors (Lipinski definition) is 1. The minimum Gasteiger partial charge on any atom is -0.481 e. The Morgan fingerprint density at radius 1 is 1.60 bits per heavy atom. The van der Waals surface area contributed by atoms with Crippen LogP contribution in [-0.2, 0) is 11.2 Å². The summed E-state index contributed by atoms with van der Waals surface area (Å²) >= 11 is 3.38. The third kappa shape index (κ3) is 1.99. The highest BCUT2D eigenvalue weighted by Crippen LogP contribution is 2.19. The Morgan fingerprint density at radius 2 is 2.40 bits per heavy atom. The van der Waals surface area contributed by atoms with Gasteiger partial charge in [0.05, 0.1) is 18.3 Å². The van der Waals surface area contributed by atoms with Crippen LogP contribution in [-0.4, -0.2) is 25.4 Å². The molecule has 0 saturated heterocycles. The van der Waals surface area contributed by atoms with E-state index in [0.717, 1.165) is 10.3 Å². The molecule has 0 atom stereocenters. The van der Waals surface area contributed by atoms with Gasteiger partial charge in [-0.1, -0.05) is 0 Å². The molecule has 0 bridgehead atoms. The SMILES string of the molecule is O=C(O)CCc1nc2cnccn2c1Br. The quantitative estimate of drug-likeness (QED) is 0.917. The molecule has 0 aliphatic carbocycles. The predicted octanol–water partition coefficient (Wildman–Crippen LogP) is 1.51. The van der Waals surface area contributed by atoms with Crippen LogP contribution in [0, 0.1) is 0 Å². The molecule has 15 heavy (non-hydrogen) atoms. The second-order valence-corrected chi connectivity index (χ2v) is 3.80. The predicted molar refractivity (Wildman–Crippen MR) is 56.6 cm³/mol. The highest BCUT2D eigenvalue weighted by atomic mass is 79.9. The first-order valence-electron chi connectivity index (χ1n) is 4.36. The van der Waals surface area contributed by atoms with Crippen molar-refractivity contribution in [3.63, 3.8) is 0 Å². The molecule has 0 aliphatic rings. The first-order valence-corrected chi connectivity index (χ1v) is 5.16. The van der Waals surface area contributed by atoms with Crippen molar-refractivity contribution < 1.29 is 9.90 Å². The minimum atomic E-state index is -0.822. The molecule has 5 nitrogen and oxygen atoms in total. The number of hydrogen-bond acceptors (Lipinski definition) is 3. The fraction of sp³-hybridized carbons (Fsp3) is 0.222. The number of aliphatic carboxylic acids is 1. The first-order chi connectivity index (χ1) is 7.18. The number of aromatic nitrogens is 3. The Balaban J connectivity index is 2.36. The van der Waals surface area contributed by atoms with Crippen LogP contribution in [0.15, 0.2) is 23.2 Å². The van der Waals surface area contributed by atoms with Crippen molar-refractivity contribution in [2.24, 2.45) is 0 Å². The highest BCUT2D eigenvalue weighted by Gasteiger charge is 2.10. The van der Waals surface area contributed by atoms with E-state index in [2.05, 4.69) is 25.9 Å². The van der Waals surface area contributed by atoms with E-state index in [1.165, 1.54) is 0 Å². The highest BCUT2D eigenvalue weighted by molar-refractivity contribution is 9.10. The lowest BCUT2D eigenvalue weighted by Gasteiger charge is -1.94. The average Bonchev–Trinajstić information content (AvgIpc) is 2.54. The monoisotopic (exact) mass is 269 g/mol. The molecule has 2 aromatic heterocycles. The Labute approximate surface area is 93.9 Å². The molecule has 0 spiro atoms. The van der Waals surface area contributed by atoms with Crippen molar-refractivity contribution in [2.45, 2.75) is 12.8 Å². The van der Waals surface area contributed by atoms with Crippen molar-refractivity contribution in [2.75, 3.05) is 0 Å². The summed E-state index contributed by atoms with van der Waals surface area (Å²) in [6, 6.07) is 0. The molecule has 6 heteroatoms. The van der Waals surface area contributed by atoms with Crippen LogP contribution < -0.4 is 0 Å². The number of halogens is 1. The molecule has 0 aliphatic heterocycles. The molecular weight excluding hydrogens is 262 g/mol. The number of carboxylic acids is 1. The maximum atomic E-state index is 10.4. The minimum absolute atomic E-state index is 0.0793. The second kappa shape index (κ2) is 3.98. The van der Waals surface area contributed by atoms with Gasteiger partial charge in [-0.05, 0) is 15.9 Å². The molecule has 0 radical (unpaired) electrons. The van der Waals surface area contributed by atoms with Crippen LogP contribution >= 0.6 is 15.9 Å². The topological polar surface area (TPSA) is 67.5 Å². The zero-order valence-corrected chi connectivity index (χ0v) is 9.31. The molecule has 0 fully saturated rings. The normalized spacial score (nSPS) is 10.7. The summed E-state index contributed by atoms with van der Waals surface area (Å²) in [7, 11) is 0. The zero-order valence-electron chi connectivity index (χ0n) is 7.72. The fourth-order valence-electron chi connectivity index (χ4n) is 1.31. The second-order valence-electron chi connectivity index (χ2n) is 3.05. The van der Waals surface area contributed by atoms with Gasteiger partial charge >= 0.3 is 5.97 Å². The number of carbonyl (C=O) groups is 1. The summed E-state index contributed by atoms with van der Waals surface area (Å²) in [4.78, 5) is 18.7. The van der Waals surface area contributed by atoms with Crippen molar-refractivity contribution >= 4 is 27.5 Å². The summed E-state index contributed by atoms with van der Waals surface area (Å²) < 4.78 is 2.62. The maximum absolute atomic E-state index is 10.4. The lowest BCUT2D eigenvalue weighted by Crippen LogP contribution is -1.98. The van der Waals surface area contributed by atoms with Crippen molar-refractivity contribution in [3.8, 4) is 0 Å². The summed E-state index contributed by atoms with van der Waals surface area (Å²) in [6.45, 7) is 0. The van der Waals surface area contributed by atoms with E-state index in [-0.39, 0.29) is 6.42 Å². The number of nitrogens with zero attached hydrogens (tertiary/aromatic N) is 3. The molecule has 1 N–H and O–H groups in total. The van der Waals surface area contributed by atoms with Crippen LogP contribution in [0.2, 0.25) is 0 Å². The van der Waals surface area contributed by atoms with Gasteiger partial charge in [0.25, 0.3) is 0 Å². The summed E-state index contributed by atoms with van der Waals surface area (Å²) in [5, 5.41) is 8.58. The fourth-order valence-corrected chi connectivity index (χ4v) is 1.90. The van der Waals surface area contributed by atoms with Crippen LogP contribution in [0.3, 0.4) is 0 Å². The Hall–Kier alpha value is -1.43. The van der Waals surface area contributed by atoms with E-state index in [9.17, 15) is 4.79 Å². The molecule has 0 saturated carbocycles. The van der Waals surface area contributed by atoms with E-state index in [4.69, 9.17) is 5.11 Å². The van der Waals surface area contributed by atoms with E-state index in [1.54, 1.807) is 18.6 Å².